The molecule has 0 saturated heterocycles. The molecule has 0 radical (unpaired) electrons. The number of ether oxygens (including phenoxy) is 1. The number of halogens is 1. The molecule has 3 rings (SSSR count). The van der Waals surface area contributed by atoms with Crippen molar-refractivity contribution < 1.29 is 13.9 Å². The highest BCUT2D eigenvalue weighted by molar-refractivity contribution is 6.05. The SMILES string of the molecule is COc1cc(C(=O)Nc2cccc(F)c2)ccc1-c1ccccc1. The fourth-order valence-electron chi connectivity index (χ4n) is 2.46. The van der Waals surface area contributed by atoms with E-state index in [9.17, 15) is 9.18 Å². The molecule has 0 aromatic heterocycles. The second kappa shape index (κ2) is 6.96. The van der Waals surface area contributed by atoms with Crippen molar-refractivity contribution >= 4 is 11.6 Å². The molecule has 24 heavy (non-hydrogen) atoms. The minimum atomic E-state index is -0.398. The minimum Gasteiger partial charge on any atom is -0.496 e. The van der Waals surface area contributed by atoms with E-state index >= 15 is 0 Å². The van der Waals surface area contributed by atoms with Crippen molar-refractivity contribution in [2.24, 2.45) is 0 Å². The number of anilines is 1. The van der Waals surface area contributed by atoms with Gasteiger partial charge in [0.2, 0.25) is 0 Å². The van der Waals surface area contributed by atoms with Crippen molar-refractivity contribution in [3.05, 3.63) is 84.2 Å². The van der Waals surface area contributed by atoms with Crippen molar-refractivity contribution in [1.29, 1.82) is 0 Å². The van der Waals surface area contributed by atoms with Crippen LogP contribution >= 0.6 is 0 Å². The Labute approximate surface area is 139 Å². The van der Waals surface area contributed by atoms with Crippen LogP contribution in [0, 0.1) is 5.82 Å². The van der Waals surface area contributed by atoms with E-state index in [0.717, 1.165) is 11.1 Å². The lowest BCUT2D eigenvalue weighted by Gasteiger charge is -2.11. The van der Waals surface area contributed by atoms with Gasteiger partial charge < -0.3 is 10.1 Å². The third-order valence-electron chi connectivity index (χ3n) is 3.63. The van der Waals surface area contributed by atoms with Gasteiger partial charge in [0.15, 0.2) is 0 Å². The summed E-state index contributed by atoms with van der Waals surface area (Å²) in [7, 11) is 1.57. The number of carbonyl (C=O) groups excluding carboxylic acids is 1. The third kappa shape index (κ3) is 3.43. The van der Waals surface area contributed by atoms with Crippen molar-refractivity contribution in [2.45, 2.75) is 0 Å². The molecule has 0 atom stereocenters. The zero-order valence-electron chi connectivity index (χ0n) is 13.1. The number of hydrogen-bond donors (Lipinski definition) is 1. The summed E-state index contributed by atoms with van der Waals surface area (Å²) in [6, 6.07) is 20.8. The lowest BCUT2D eigenvalue weighted by Crippen LogP contribution is -2.12. The number of methoxy groups -OCH3 is 1. The summed E-state index contributed by atoms with van der Waals surface area (Å²) in [5.41, 5.74) is 2.76. The minimum absolute atomic E-state index is 0.321. The van der Waals surface area contributed by atoms with Crippen molar-refractivity contribution in [2.75, 3.05) is 12.4 Å². The Morgan fingerprint density at radius 2 is 1.75 bits per heavy atom. The predicted octanol–water partition coefficient (Wildman–Crippen LogP) is 4.75. The van der Waals surface area contributed by atoms with E-state index < -0.39 is 5.82 Å². The van der Waals surface area contributed by atoms with Crippen LogP contribution in [0.1, 0.15) is 10.4 Å². The summed E-state index contributed by atoms with van der Waals surface area (Å²) in [5.74, 6) is -0.114. The van der Waals surface area contributed by atoms with Crippen molar-refractivity contribution in [1.82, 2.24) is 0 Å². The molecule has 4 heteroatoms. The molecule has 3 aromatic rings. The molecule has 0 saturated carbocycles. The number of benzene rings is 3. The van der Waals surface area contributed by atoms with E-state index in [1.54, 1.807) is 31.4 Å². The molecule has 0 bridgehead atoms. The molecule has 0 heterocycles. The van der Waals surface area contributed by atoms with Crippen LogP contribution in [0.15, 0.2) is 72.8 Å². The molecule has 1 N–H and O–H groups in total. The van der Waals surface area contributed by atoms with Gasteiger partial charge in [-0.2, -0.15) is 0 Å². The Hall–Kier alpha value is -3.14. The maximum atomic E-state index is 13.2. The summed E-state index contributed by atoms with van der Waals surface area (Å²) < 4.78 is 18.6. The largest absolute Gasteiger partial charge is 0.496 e. The van der Waals surface area contributed by atoms with Gasteiger partial charge in [-0.1, -0.05) is 36.4 Å². The van der Waals surface area contributed by atoms with Crippen LogP contribution in [-0.4, -0.2) is 13.0 Å². The summed E-state index contributed by atoms with van der Waals surface area (Å²) >= 11 is 0. The van der Waals surface area contributed by atoms with Gasteiger partial charge in [0.05, 0.1) is 7.11 Å². The van der Waals surface area contributed by atoms with E-state index in [1.807, 2.05) is 36.4 Å². The number of nitrogens with one attached hydrogen (secondary N) is 1. The molecular weight excluding hydrogens is 305 g/mol. The number of rotatable bonds is 4. The molecule has 0 fully saturated rings. The standard InChI is InChI=1S/C20H16FNO2/c1-24-19-12-15(10-11-18(19)14-6-3-2-4-7-14)20(23)22-17-9-5-8-16(21)13-17/h2-13H,1H3,(H,22,23). The average Bonchev–Trinajstić information content (AvgIpc) is 2.62. The van der Waals surface area contributed by atoms with E-state index in [0.29, 0.717) is 17.0 Å². The van der Waals surface area contributed by atoms with Gasteiger partial charge in [-0.05, 0) is 42.0 Å². The summed E-state index contributed by atoms with van der Waals surface area (Å²) in [6.07, 6.45) is 0. The van der Waals surface area contributed by atoms with Crippen LogP contribution in [0.2, 0.25) is 0 Å². The Morgan fingerprint density at radius 3 is 2.46 bits per heavy atom. The van der Waals surface area contributed by atoms with Crippen LogP contribution in [0.25, 0.3) is 11.1 Å². The molecule has 0 aliphatic heterocycles. The zero-order chi connectivity index (χ0) is 16.9. The lowest BCUT2D eigenvalue weighted by atomic mass is 10.0. The molecule has 3 aromatic carbocycles. The first kappa shape index (κ1) is 15.7. The fourth-order valence-corrected chi connectivity index (χ4v) is 2.46. The summed E-state index contributed by atoms with van der Waals surface area (Å²) in [6.45, 7) is 0. The molecule has 120 valence electrons. The van der Waals surface area contributed by atoms with E-state index in [-0.39, 0.29) is 5.91 Å². The molecule has 3 nitrogen and oxygen atoms in total. The monoisotopic (exact) mass is 321 g/mol. The zero-order valence-corrected chi connectivity index (χ0v) is 13.1. The normalized spacial score (nSPS) is 10.2. The quantitative estimate of drug-likeness (QED) is 0.753. The highest BCUT2D eigenvalue weighted by Gasteiger charge is 2.12. The topological polar surface area (TPSA) is 38.3 Å². The van der Waals surface area contributed by atoms with Gasteiger partial charge >= 0.3 is 0 Å². The molecule has 0 unspecified atom stereocenters. The molecule has 0 spiro atoms. The molecule has 1 amide bonds. The first-order chi connectivity index (χ1) is 11.7. The summed E-state index contributed by atoms with van der Waals surface area (Å²) in [4.78, 5) is 12.4. The second-order valence-electron chi connectivity index (χ2n) is 5.25. The van der Waals surface area contributed by atoms with Gasteiger partial charge in [-0.3, -0.25) is 4.79 Å². The highest BCUT2D eigenvalue weighted by atomic mass is 19.1. The van der Waals surface area contributed by atoms with E-state index in [1.165, 1.54) is 12.1 Å². The van der Waals surface area contributed by atoms with Crippen LogP contribution in [0.5, 0.6) is 5.75 Å². The Morgan fingerprint density at radius 1 is 0.958 bits per heavy atom. The van der Waals surface area contributed by atoms with Crippen molar-refractivity contribution in [3.63, 3.8) is 0 Å². The molecule has 0 aliphatic carbocycles. The average molecular weight is 321 g/mol. The predicted molar refractivity (Wildman–Crippen MR) is 92.8 cm³/mol. The van der Waals surface area contributed by atoms with Gasteiger partial charge in [0.25, 0.3) is 5.91 Å². The van der Waals surface area contributed by atoms with Gasteiger partial charge in [-0.15, -0.1) is 0 Å². The van der Waals surface area contributed by atoms with Crippen molar-refractivity contribution in [3.8, 4) is 16.9 Å². The lowest BCUT2D eigenvalue weighted by molar-refractivity contribution is 0.102. The Bertz CT molecular complexity index is 863. The second-order valence-corrected chi connectivity index (χ2v) is 5.25. The molecular formula is C20H16FNO2. The maximum absolute atomic E-state index is 13.2. The highest BCUT2D eigenvalue weighted by Crippen LogP contribution is 2.30. The van der Waals surface area contributed by atoms with Gasteiger partial charge in [0.1, 0.15) is 11.6 Å². The van der Waals surface area contributed by atoms with Gasteiger partial charge in [0, 0.05) is 16.8 Å². The summed E-state index contributed by atoms with van der Waals surface area (Å²) in [5, 5.41) is 2.68. The fraction of sp³-hybridized carbons (Fsp3) is 0.0500. The van der Waals surface area contributed by atoms with Crippen LogP contribution in [0.4, 0.5) is 10.1 Å². The number of hydrogen-bond acceptors (Lipinski definition) is 2. The Balaban J connectivity index is 1.88. The van der Waals surface area contributed by atoms with E-state index in [2.05, 4.69) is 5.32 Å². The van der Waals surface area contributed by atoms with Gasteiger partial charge in [-0.25, -0.2) is 4.39 Å². The number of amides is 1. The molecule has 0 aliphatic rings. The van der Waals surface area contributed by atoms with Crippen LogP contribution in [-0.2, 0) is 0 Å². The van der Waals surface area contributed by atoms with E-state index in [4.69, 9.17) is 4.74 Å². The van der Waals surface area contributed by atoms with Crippen LogP contribution in [0.3, 0.4) is 0 Å². The smallest absolute Gasteiger partial charge is 0.255 e. The Kier molecular flexibility index (Phi) is 4.57. The third-order valence-corrected chi connectivity index (χ3v) is 3.63. The number of carbonyl (C=O) groups is 1. The maximum Gasteiger partial charge on any atom is 0.255 e. The first-order valence-electron chi connectivity index (χ1n) is 7.48. The van der Waals surface area contributed by atoms with Crippen LogP contribution < -0.4 is 10.1 Å². The first-order valence-corrected chi connectivity index (χ1v) is 7.48.